The quantitative estimate of drug-likeness (QED) is 0.330. The summed E-state index contributed by atoms with van der Waals surface area (Å²) in [6, 6.07) is 8.38. The van der Waals surface area contributed by atoms with Crippen molar-refractivity contribution in [1.29, 1.82) is 0 Å². The lowest BCUT2D eigenvalue weighted by atomic mass is 10.0. The molecule has 0 atom stereocenters. The molecule has 0 saturated heterocycles. The number of amides is 1. The molecule has 3 aromatic rings. The predicted octanol–water partition coefficient (Wildman–Crippen LogP) is 4.15. The lowest BCUT2D eigenvalue weighted by molar-refractivity contribution is -0.114. The molecular weight excluding hydrogens is 494 g/mol. The largest absolute Gasteiger partial charge is 0.435 e. The molecule has 1 aromatic heterocycles. The molecule has 2 N–H and O–H groups in total. The maximum Gasteiger partial charge on any atom is 0.387 e. The molecule has 3 rings (SSSR count). The molecule has 0 aliphatic heterocycles. The van der Waals surface area contributed by atoms with Gasteiger partial charge in [0.1, 0.15) is 17.4 Å². The minimum absolute atomic E-state index is 0.213. The van der Waals surface area contributed by atoms with Gasteiger partial charge in [0, 0.05) is 25.6 Å². The molecule has 184 valence electrons. The van der Waals surface area contributed by atoms with E-state index in [4.69, 9.17) is 0 Å². The van der Waals surface area contributed by atoms with Gasteiger partial charge in [0.2, 0.25) is 5.91 Å². The summed E-state index contributed by atoms with van der Waals surface area (Å²) in [5.74, 6) is -4.27. The number of ketones is 1. The summed E-state index contributed by atoms with van der Waals surface area (Å²) in [7, 11) is -4.52. The van der Waals surface area contributed by atoms with Gasteiger partial charge >= 0.3 is 6.61 Å². The first kappa shape index (κ1) is 25.6. The van der Waals surface area contributed by atoms with Gasteiger partial charge in [-0.1, -0.05) is 12.1 Å². The highest BCUT2D eigenvalue weighted by atomic mass is 32.2. The molecule has 0 spiro atoms. The maximum absolute atomic E-state index is 15.0. The summed E-state index contributed by atoms with van der Waals surface area (Å²) in [5, 5.41) is 2.43. The number of benzene rings is 2. The van der Waals surface area contributed by atoms with Crippen molar-refractivity contribution in [2.75, 3.05) is 10.0 Å². The number of anilines is 2. The van der Waals surface area contributed by atoms with Crippen LogP contribution in [0.3, 0.4) is 0 Å². The minimum atomic E-state index is -4.52. The monoisotopic (exact) mass is 511 g/mol. The van der Waals surface area contributed by atoms with Gasteiger partial charge in [0.25, 0.3) is 10.0 Å². The SMILES string of the molecule is CC(=O)Nc1ccc(CC(=O)c2c(F)ccc(NS(=O)(=O)c3cccc(OC(F)F)c3)c2F)cn1. The number of nitrogens with one attached hydrogen (secondary N) is 2. The number of alkyl halides is 2. The van der Waals surface area contributed by atoms with E-state index in [2.05, 4.69) is 15.0 Å². The van der Waals surface area contributed by atoms with Crippen LogP contribution in [0, 0.1) is 11.6 Å². The van der Waals surface area contributed by atoms with E-state index in [1.165, 1.54) is 25.3 Å². The van der Waals surface area contributed by atoms with Gasteiger partial charge in [-0.15, -0.1) is 0 Å². The number of nitrogens with zero attached hydrogens (tertiary/aromatic N) is 1. The highest BCUT2D eigenvalue weighted by Crippen LogP contribution is 2.27. The Bertz CT molecular complexity index is 1370. The van der Waals surface area contributed by atoms with Crippen LogP contribution in [0.25, 0.3) is 0 Å². The molecule has 0 unspecified atom stereocenters. The zero-order chi connectivity index (χ0) is 25.8. The number of hydrogen-bond acceptors (Lipinski definition) is 6. The molecule has 2 aromatic carbocycles. The number of sulfonamides is 1. The maximum atomic E-state index is 15.0. The fraction of sp³-hybridized carbons (Fsp3) is 0.136. The second kappa shape index (κ2) is 10.5. The average Bonchev–Trinajstić information content (AvgIpc) is 2.76. The number of aromatic nitrogens is 1. The first-order chi connectivity index (χ1) is 16.5. The van der Waals surface area contributed by atoms with Crippen molar-refractivity contribution in [2.45, 2.75) is 24.9 Å². The van der Waals surface area contributed by atoms with Crippen LogP contribution >= 0.6 is 0 Å². The molecule has 0 fully saturated rings. The number of pyridine rings is 1. The van der Waals surface area contributed by atoms with Crippen LogP contribution in [0.4, 0.5) is 29.1 Å². The zero-order valence-electron chi connectivity index (χ0n) is 17.9. The molecular formula is C22H17F4N3O5S. The summed E-state index contributed by atoms with van der Waals surface area (Å²) in [6.45, 7) is -1.92. The summed E-state index contributed by atoms with van der Waals surface area (Å²) < 4.78 is 85.4. The third kappa shape index (κ3) is 6.53. The summed E-state index contributed by atoms with van der Waals surface area (Å²) >= 11 is 0. The fourth-order valence-corrected chi connectivity index (χ4v) is 4.06. The van der Waals surface area contributed by atoms with Crippen LogP contribution in [0.5, 0.6) is 5.75 Å². The topological polar surface area (TPSA) is 114 Å². The van der Waals surface area contributed by atoms with Crippen LogP contribution in [-0.4, -0.2) is 31.7 Å². The van der Waals surface area contributed by atoms with Gasteiger partial charge in [-0.3, -0.25) is 14.3 Å². The normalized spacial score (nSPS) is 11.3. The zero-order valence-corrected chi connectivity index (χ0v) is 18.7. The molecule has 0 aliphatic rings. The van der Waals surface area contributed by atoms with Gasteiger partial charge in [0.05, 0.1) is 16.1 Å². The summed E-state index contributed by atoms with van der Waals surface area (Å²) in [4.78, 5) is 27.0. The first-order valence-corrected chi connectivity index (χ1v) is 11.3. The number of carbonyl (C=O) groups excluding carboxylic acids is 2. The van der Waals surface area contributed by atoms with Gasteiger partial charge in [-0.2, -0.15) is 8.78 Å². The van der Waals surface area contributed by atoms with E-state index >= 15 is 4.39 Å². The number of Topliss-reactive ketones (excluding diaryl/α,β-unsaturated/α-hetero) is 1. The van der Waals surface area contributed by atoms with Crippen LogP contribution < -0.4 is 14.8 Å². The number of rotatable bonds is 9. The van der Waals surface area contributed by atoms with Crippen LogP contribution in [-0.2, 0) is 21.2 Å². The number of carbonyl (C=O) groups is 2. The highest BCUT2D eigenvalue weighted by Gasteiger charge is 2.24. The third-order valence-corrected chi connectivity index (χ3v) is 5.81. The van der Waals surface area contributed by atoms with Gasteiger partial charge < -0.3 is 10.1 Å². The lowest BCUT2D eigenvalue weighted by Gasteiger charge is -2.13. The Morgan fingerprint density at radius 1 is 1.09 bits per heavy atom. The standard InChI is InChI=1S/C22H17F4N3O5S/c1-12(30)28-19-8-5-13(11-27-19)9-18(31)20-16(23)6-7-17(21(20)24)29-35(32,33)15-4-2-3-14(10-15)34-22(25)26/h2-8,10-11,22,29H,9H2,1H3,(H,27,28,30). The van der Waals surface area contributed by atoms with E-state index in [1.54, 1.807) is 0 Å². The first-order valence-electron chi connectivity index (χ1n) is 9.77. The van der Waals surface area contributed by atoms with E-state index in [-0.39, 0.29) is 17.3 Å². The van der Waals surface area contributed by atoms with Crippen molar-refractivity contribution in [2.24, 2.45) is 0 Å². The average molecular weight is 511 g/mol. The van der Waals surface area contributed by atoms with Gasteiger partial charge in [0.15, 0.2) is 11.6 Å². The minimum Gasteiger partial charge on any atom is -0.435 e. The van der Waals surface area contributed by atoms with E-state index in [1.807, 2.05) is 4.72 Å². The fourth-order valence-electron chi connectivity index (χ4n) is 2.97. The van der Waals surface area contributed by atoms with E-state index in [0.717, 1.165) is 30.3 Å². The van der Waals surface area contributed by atoms with Crippen molar-refractivity contribution in [1.82, 2.24) is 4.98 Å². The lowest BCUT2D eigenvalue weighted by Crippen LogP contribution is -2.17. The highest BCUT2D eigenvalue weighted by molar-refractivity contribution is 7.92. The molecule has 0 radical (unpaired) electrons. The molecule has 0 saturated carbocycles. The molecule has 0 bridgehead atoms. The number of hydrogen-bond donors (Lipinski definition) is 2. The third-order valence-electron chi connectivity index (χ3n) is 4.45. The Labute approximate surface area is 197 Å². The van der Waals surface area contributed by atoms with Crippen molar-refractivity contribution in [3.63, 3.8) is 0 Å². The van der Waals surface area contributed by atoms with Crippen LogP contribution in [0.15, 0.2) is 59.6 Å². The van der Waals surface area contributed by atoms with Crippen LogP contribution in [0.1, 0.15) is 22.8 Å². The molecule has 35 heavy (non-hydrogen) atoms. The number of ether oxygens (including phenoxy) is 1. The molecule has 0 aliphatic carbocycles. The van der Waals surface area contributed by atoms with Gasteiger partial charge in [-0.05, 0) is 35.9 Å². The van der Waals surface area contributed by atoms with Crippen molar-refractivity contribution < 1.29 is 40.3 Å². The van der Waals surface area contributed by atoms with Crippen LogP contribution in [0.2, 0.25) is 0 Å². The molecule has 13 heteroatoms. The van der Waals surface area contributed by atoms with Crippen molar-refractivity contribution in [3.05, 3.63) is 77.5 Å². The molecule has 1 heterocycles. The second-order valence-corrected chi connectivity index (χ2v) is 8.76. The van der Waals surface area contributed by atoms with Gasteiger partial charge in [-0.25, -0.2) is 22.2 Å². The smallest absolute Gasteiger partial charge is 0.387 e. The van der Waals surface area contributed by atoms with Crippen molar-refractivity contribution in [3.8, 4) is 5.75 Å². The number of halogens is 4. The van der Waals surface area contributed by atoms with E-state index in [9.17, 15) is 31.2 Å². The Balaban J connectivity index is 1.84. The Hall–Kier alpha value is -4.00. The Morgan fingerprint density at radius 2 is 1.83 bits per heavy atom. The molecule has 8 nitrogen and oxygen atoms in total. The Morgan fingerprint density at radius 3 is 2.46 bits per heavy atom. The Kier molecular flexibility index (Phi) is 7.69. The predicted molar refractivity (Wildman–Crippen MR) is 117 cm³/mol. The second-order valence-electron chi connectivity index (χ2n) is 7.08. The summed E-state index contributed by atoms with van der Waals surface area (Å²) in [6.07, 6.45) is 0.768. The molecule has 1 amide bonds. The van der Waals surface area contributed by atoms with Crippen molar-refractivity contribution >= 4 is 33.2 Å². The summed E-state index contributed by atoms with van der Waals surface area (Å²) in [5.41, 5.74) is -1.43. The van der Waals surface area contributed by atoms with E-state index in [0.29, 0.717) is 6.07 Å². The van der Waals surface area contributed by atoms with E-state index < -0.39 is 62.4 Å².